The number of hydrogen-bond acceptors (Lipinski definition) is 3. The monoisotopic (exact) mass is 345 g/mol. The lowest BCUT2D eigenvalue weighted by molar-refractivity contribution is -0.119. The van der Waals surface area contributed by atoms with Gasteiger partial charge in [-0.25, -0.2) is 0 Å². The fourth-order valence-electron chi connectivity index (χ4n) is 3.46. The second-order valence-electron chi connectivity index (χ2n) is 6.39. The zero-order valence-electron chi connectivity index (χ0n) is 14.3. The van der Waals surface area contributed by atoms with E-state index in [9.17, 15) is 9.59 Å². The van der Waals surface area contributed by atoms with Crippen LogP contribution in [0.25, 0.3) is 10.8 Å². The van der Waals surface area contributed by atoms with Crippen molar-refractivity contribution < 1.29 is 9.59 Å². The van der Waals surface area contributed by atoms with Crippen LogP contribution in [-0.4, -0.2) is 34.3 Å². The molecule has 0 saturated carbocycles. The van der Waals surface area contributed by atoms with Crippen molar-refractivity contribution in [3.8, 4) is 0 Å². The fraction of sp³-hybridized carbons (Fsp3) is 0.190. The number of carbonyl (C=O) groups is 2. The van der Waals surface area contributed by atoms with Gasteiger partial charge in [-0.3, -0.25) is 14.6 Å². The first-order chi connectivity index (χ1) is 12.7. The molecule has 1 fully saturated rings. The number of hydrogen-bond donors (Lipinski definition) is 1. The topological polar surface area (TPSA) is 62.3 Å². The van der Waals surface area contributed by atoms with Crippen molar-refractivity contribution in [2.75, 3.05) is 11.9 Å². The highest BCUT2D eigenvalue weighted by Crippen LogP contribution is 2.24. The Morgan fingerprint density at radius 2 is 1.77 bits per heavy atom. The average molecular weight is 345 g/mol. The van der Waals surface area contributed by atoms with Gasteiger partial charge in [0.1, 0.15) is 11.7 Å². The molecular weight excluding hydrogens is 326 g/mol. The van der Waals surface area contributed by atoms with Gasteiger partial charge in [0.15, 0.2) is 0 Å². The highest BCUT2D eigenvalue weighted by molar-refractivity contribution is 6.07. The highest BCUT2D eigenvalue weighted by Gasteiger charge is 2.35. The van der Waals surface area contributed by atoms with Crippen molar-refractivity contribution >= 4 is 28.3 Å². The van der Waals surface area contributed by atoms with Crippen molar-refractivity contribution in [2.45, 2.75) is 18.9 Å². The number of carbonyl (C=O) groups excluding carboxylic acids is 2. The molecule has 2 amide bonds. The maximum Gasteiger partial charge on any atom is 0.273 e. The lowest BCUT2D eigenvalue weighted by Gasteiger charge is -2.24. The quantitative estimate of drug-likeness (QED) is 0.790. The van der Waals surface area contributed by atoms with Gasteiger partial charge in [-0.05, 0) is 36.4 Å². The van der Waals surface area contributed by atoms with E-state index in [0.29, 0.717) is 18.7 Å². The highest BCUT2D eigenvalue weighted by atomic mass is 16.2. The fourth-order valence-corrected chi connectivity index (χ4v) is 3.46. The van der Waals surface area contributed by atoms with Crippen molar-refractivity contribution in [1.82, 2.24) is 9.88 Å². The Hall–Kier alpha value is -3.21. The lowest BCUT2D eigenvalue weighted by atomic mass is 10.1. The summed E-state index contributed by atoms with van der Waals surface area (Å²) in [5.74, 6) is -0.338. The van der Waals surface area contributed by atoms with E-state index >= 15 is 0 Å². The first-order valence-corrected chi connectivity index (χ1v) is 8.75. The summed E-state index contributed by atoms with van der Waals surface area (Å²) in [6, 6.07) is 18.4. The summed E-state index contributed by atoms with van der Waals surface area (Å²) in [5, 5.41) is 4.69. The third-order valence-electron chi connectivity index (χ3n) is 4.73. The molecule has 4 rings (SSSR count). The Morgan fingerprint density at radius 1 is 1.00 bits per heavy atom. The Morgan fingerprint density at radius 3 is 2.62 bits per heavy atom. The first kappa shape index (κ1) is 16.3. The van der Waals surface area contributed by atoms with Crippen molar-refractivity contribution in [1.29, 1.82) is 0 Å². The van der Waals surface area contributed by atoms with E-state index < -0.39 is 6.04 Å². The standard InChI is InChI=1S/C21H19N3O2/c25-20(23-16-8-2-1-3-9-16)18-11-6-14-24(18)21(26)19-17-10-5-4-7-15(17)12-13-22-19/h1-5,7-10,12-13,18H,6,11,14H2,(H,23,25). The van der Waals surface area contributed by atoms with Crippen LogP contribution in [0.4, 0.5) is 5.69 Å². The molecule has 1 aromatic heterocycles. The van der Waals surface area contributed by atoms with Gasteiger partial charge in [0.25, 0.3) is 5.91 Å². The maximum atomic E-state index is 13.1. The summed E-state index contributed by atoms with van der Waals surface area (Å²) < 4.78 is 0. The van der Waals surface area contributed by atoms with Crippen LogP contribution in [0.2, 0.25) is 0 Å². The van der Waals surface area contributed by atoms with Gasteiger partial charge in [0.2, 0.25) is 5.91 Å². The molecule has 2 aromatic carbocycles. The molecule has 1 aliphatic heterocycles. The number of likely N-dealkylation sites (tertiary alicyclic amines) is 1. The predicted octanol–water partition coefficient (Wildman–Crippen LogP) is 3.48. The zero-order valence-corrected chi connectivity index (χ0v) is 14.3. The number of pyridine rings is 1. The second kappa shape index (κ2) is 6.96. The van der Waals surface area contributed by atoms with Gasteiger partial charge in [0.05, 0.1) is 0 Å². The molecule has 1 aliphatic rings. The predicted molar refractivity (Wildman–Crippen MR) is 101 cm³/mol. The Kier molecular flexibility index (Phi) is 4.35. The number of anilines is 1. The summed E-state index contributed by atoms with van der Waals surface area (Å²) in [6.45, 7) is 0.566. The molecule has 1 saturated heterocycles. The number of para-hydroxylation sites is 1. The largest absolute Gasteiger partial charge is 0.325 e. The summed E-state index contributed by atoms with van der Waals surface area (Å²) in [6.07, 6.45) is 3.11. The summed E-state index contributed by atoms with van der Waals surface area (Å²) in [4.78, 5) is 31.8. The van der Waals surface area contributed by atoms with Crippen LogP contribution in [-0.2, 0) is 4.79 Å². The molecule has 130 valence electrons. The third kappa shape index (κ3) is 3.04. The SMILES string of the molecule is O=C(Nc1ccccc1)C1CCCN1C(=O)c1nccc2ccccc12. The summed E-state index contributed by atoms with van der Waals surface area (Å²) >= 11 is 0. The smallest absolute Gasteiger partial charge is 0.273 e. The molecular formula is C21H19N3O2. The van der Waals surface area contributed by atoms with Crippen LogP contribution in [0.5, 0.6) is 0 Å². The van der Waals surface area contributed by atoms with E-state index in [2.05, 4.69) is 10.3 Å². The molecule has 1 unspecified atom stereocenters. The number of benzene rings is 2. The molecule has 0 bridgehead atoms. The van der Waals surface area contributed by atoms with E-state index in [-0.39, 0.29) is 11.8 Å². The van der Waals surface area contributed by atoms with Gasteiger partial charge >= 0.3 is 0 Å². The van der Waals surface area contributed by atoms with E-state index in [1.807, 2.05) is 60.7 Å². The van der Waals surface area contributed by atoms with Gasteiger partial charge in [-0.1, -0.05) is 42.5 Å². The van der Waals surface area contributed by atoms with E-state index in [0.717, 1.165) is 22.9 Å². The average Bonchev–Trinajstić information content (AvgIpc) is 3.18. The third-order valence-corrected chi connectivity index (χ3v) is 4.73. The molecule has 1 N–H and O–H groups in total. The second-order valence-corrected chi connectivity index (χ2v) is 6.39. The van der Waals surface area contributed by atoms with Gasteiger partial charge in [-0.15, -0.1) is 0 Å². The Bertz CT molecular complexity index is 950. The zero-order chi connectivity index (χ0) is 17.9. The summed E-state index contributed by atoms with van der Waals surface area (Å²) in [5.41, 5.74) is 1.14. The van der Waals surface area contributed by atoms with Crippen molar-refractivity contribution in [3.05, 3.63) is 72.6 Å². The minimum absolute atomic E-state index is 0.151. The van der Waals surface area contributed by atoms with Crippen LogP contribution < -0.4 is 5.32 Å². The van der Waals surface area contributed by atoms with Gasteiger partial charge in [0, 0.05) is 23.8 Å². The molecule has 5 nitrogen and oxygen atoms in total. The van der Waals surface area contributed by atoms with Crippen LogP contribution in [0, 0.1) is 0 Å². The normalized spacial score (nSPS) is 16.6. The van der Waals surface area contributed by atoms with Crippen LogP contribution >= 0.6 is 0 Å². The number of nitrogens with one attached hydrogen (secondary N) is 1. The molecule has 5 heteroatoms. The molecule has 0 radical (unpaired) electrons. The minimum atomic E-state index is -0.469. The van der Waals surface area contributed by atoms with Gasteiger partial charge in [-0.2, -0.15) is 0 Å². The maximum absolute atomic E-state index is 13.1. The van der Waals surface area contributed by atoms with Crippen molar-refractivity contribution in [3.63, 3.8) is 0 Å². The summed E-state index contributed by atoms with van der Waals surface area (Å²) in [7, 11) is 0. The molecule has 0 spiro atoms. The van der Waals surface area contributed by atoms with Crippen molar-refractivity contribution in [2.24, 2.45) is 0 Å². The number of amides is 2. The van der Waals surface area contributed by atoms with E-state index in [4.69, 9.17) is 0 Å². The van der Waals surface area contributed by atoms with Crippen LogP contribution in [0.3, 0.4) is 0 Å². The number of aromatic nitrogens is 1. The van der Waals surface area contributed by atoms with Gasteiger partial charge < -0.3 is 10.2 Å². The number of nitrogens with zero attached hydrogens (tertiary/aromatic N) is 2. The van der Waals surface area contributed by atoms with Crippen LogP contribution in [0.1, 0.15) is 23.3 Å². The number of rotatable bonds is 3. The van der Waals surface area contributed by atoms with E-state index in [1.54, 1.807) is 11.1 Å². The molecule has 26 heavy (non-hydrogen) atoms. The first-order valence-electron chi connectivity index (χ1n) is 8.75. The Labute approximate surface area is 151 Å². The molecule has 2 heterocycles. The molecule has 1 atom stereocenters. The molecule has 3 aromatic rings. The molecule has 0 aliphatic carbocycles. The Balaban J connectivity index is 1.59. The lowest BCUT2D eigenvalue weighted by Crippen LogP contribution is -2.43. The van der Waals surface area contributed by atoms with Crippen LogP contribution in [0.15, 0.2) is 66.9 Å². The number of fused-ring (bicyclic) bond motifs is 1. The minimum Gasteiger partial charge on any atom is -0.325 e. The van der Waals surface area contributed by atoms with E-state index in [1.165, 1.54) is 0 Å².